The number of hydrogen-bond acceptors (Lipinski definition) is 2. The smallest absolute Gasteiger partial charge is 0.138 e. The molecule has 2 aromatic rings. The fourth-order valence-electron chi connectivity index (χ4n) is 3.93. The Morgan fingerprint density at radius 2 is 1.75 bits per heavy atom. The summed E-state index contributed by atoms with van der Waals surface area (Å²) in [6, 6.07) is 19.3. The molecule has 1 aliphatic carbocycles. The third-order valence-electron chi connectivity index (χ3n) is 5.50. The summed E-state index contributed by atoms with van der Waals surface area (Å²) >= 11 is 0. The van der Waals surface area contributed by atoms with Gasteiger partial charge in [-0.25, -0.2) is 0 Å². The highest BCUT2D eigenvalue weighted by Crippen LogP contribution is 2.38. The van der Waals surface area contributed by atoms with Crippen LogP contribution in [0.15, 0.2) is 54.6 Å². The summed E-state index contributed by atoms with van der Waals surface area (Å²) in [5.74, 6) is 1.65. The molecule has 0 spiro atoms. The molecule has 1 N–H and O–H groups in total. The molecule has 0 aromatic heterocycles. The minimum Gasteiger partial charge on any atom is -0.316 e. The van der Waals surface area contributed by atoms with E-state index in [2.05, 4.69) is 53.8 Å². The minimum absolute atomic E-state index is 0.144. The van der Waals surface area contributed by atoms with Gasteiger partial charge in [-0.15, -0.1) is 0 Å². The lowest BCUT2D eigenvalue weighted by Gasteiger charge is -2.32. The highest BCUT2D eigenvalue weighted by Gasteiger charge is 2.35. The quantitative estimate of drug-likeness (QED) is 0.884. The van der Waals surface area contributed by atoms with E-state index in [1.165, 1.54) is 29.5 Å². The maximum atomic E-state index is 12.7. The van der Waals surface area contributed by atoms with Crippen LogP contribution in [0.25, 0.3) is 11.1 Å². The molecule has 2 aromatic carbocycles. The van der Waals surface area contributed by atoms with Crippen molar-refractivity contribution >= 4 is 5.78 Å². The first-order valence-corrected chi connectivity index (χ1v) is 9.20. The maximum absolute atomic E-state index is 12.7. The van der Waals surface area contributed by atoms with E-state index < -0.39 is 0 Å². The SMILES string of the molecule is O=C(CC1CC1)[C@H]1CNCC[C@@H]1c1cccc(-c2ccccc2)c1. The molecular formula is C22H25NO. The lowest BCUT2D eigenvalue weighted by molar-refractivity contribution is -0.124. The molecule has 2 fully saturated rings. The van der Waals surface area contributed by atoms with Crippen LogP contribution in [-0.4, -0.2) is 18.9 Å². The van der Waals surface area contributed by atoms with Crippen molar-refractivity contribution in [1.82, 2.24) is 5.32 Å². The summed E-state index contributed by atoms with van der Waals surface area (Å²) in [6.07, 6.45) is 4.35. The second-order valence-electron chi connectivity index (χ2n) is 7.31. The molecule has 2 aliphatic rings. The Morgan fingerprint density at radius 1 is 0.958 bits per heavy atom. The largest absolute Gasteiger partial charge is 0.316 e. The Morgan fingerprint density at radius 3 is 2.54 bits per heavy atom. The van der Waals surface area contributed by atoms with Crippen LogP contribution in [0.1, 0.15) is 37.2 Å². The van der Waals surface area contributed by atoms with E-state index in [4.69, 9.17) is 0 Å². The molecule has 2 nitrogen and oxygen atoms in total. The Labute approximate surface area is 144 Å². The molecule has 4 rings (SSSR count). The lowest BCUT2D eigenvalue weighted by atomic mass is 9.77. The van der Waals surface area contributed by atoms with Gasteiger partial charge in [0.15, 0.2) is 0 Å². The van der Waals surface area contributed by atoms with E-state index in [1.807, 2.05) is 6.07 Å². The molecule has 0 amide bonds. The molecule has 2 atom stereocenters. The number of ketones is 1. The van der Waals surface area contributed by atoms with Crippen LogP contribution in [-0.2, 0) is 4.79 Å². The predicted octanol–water partition coefficient (Wildman–Crippen LogP) is 4.42. The molecule has 1 saturated heterocycles. The number of piperidine rings is 1. The highest BCUT2D eigenvalue weighted by atomic mass is 16.1. The second kappa shape index (κ2) is 6.90. The van der Waals surface area contributed by atoms with Crippen molar-refractivity contribution in [3.8, 4) is 11.1 Å². The van der Waals surface area contributed by atoms with Crippen LogP contribution in [0.2, 0.25) is 0 Å². The zero-order valence-electron chi connectivity index (χ0n) is 14.1. The zero-order valence-corrected chi connectivity index (χ0v) is 14.1. The Kier molecular flexibility index (Phi) is 4.48. The third kappa shape index (κ3) is 3.44. The van der Waals surface area contributed by atoms with Crippen LogP contribution in [0, 0.1) is 11.8 Å². The molecule has 1 aliphatic heterocycles. The zero-order chi connectivity index (χ0) is 16.4. The highest BCUT2D eigenvalue weighted by molar-refractivity contribution is 5.83. The minimum atomic E-state index is 0.144. The van der Waals surface area contributed by atoms with E-state index >= 15 is 0 Å². The van der Waals surface area contributed by atoms with Gasteiger partial charge >= 0.3 is 0 Å². The molecule has 2 heteroatoms. The maximum Gasteiger partial charge on any atom is 0.138 e. The van der Waals surface area contributed by atoms with Crippen molar-refractivity contribution in [1.29, 1.82) is 0 Å². The standard InChI is InChI=1S/C22H25NO/c24-22(13-16-9-10-16)21-15-23-12-11-20(21)19-8-4-7-18(14-19)17-5-2-1-3-6-17/h1-8,14,16,20-21,23H,9-13,15H2/t20-,21+/m1/s1. The Hall–Kier alpha value is -1.93. The van der Waals surface area contributed by atoms with Crippen LogP contribution in [0.5, 0.6) is 0 Å². The number of nitrogens with one attached hydrogen (secondary N) is 1. The van der Waals surface area contributed by atoms with Crippen molar-refractivity contribution in [3.05, 3.63) is 60.2 Å². The van der Waals surface area contributed by atoms with Gasteiger partial charge in [0.2, 0.25) is 0 Å². The van der Waals surface area contributed by atoms with E-state index in [9.17, 15) is 4.79 Å². The molecule has 1 saturated carbocycles. The summed E-state index contributed by atoms with van der Waals surface area (Å²) in [4.78, 5) is 12.7. The van der Waals surface area contributed by atoms with Gasteiger partial charge in [-0.05, 0) is 54.3 Å². The first kappa shape index (κ1) is 15.6. The van der Waals surface area contributed by atoms with Crippen molar-refractivity contribution in [2.45, 2.75) is 31.6 Å². The van der Waals surface area contributed by atoms with Crippen molar-refractivity contribution in [2.24, 2.45) is 11.8 Å². The van der Waals surface area contributed by atoms with Gasteiger partial charge in [0.05, 0.1) is 0 Å². The fourth-order valence-corrected chi connectivity index (χ4v) is 3.93. The topological polar surface area (TPSA) is 29.1 Å². The average Bonchev–Trinajstić information content (AvgIpc) is 3.46. The first-order chi connectivity index (χ1) is 11.8. The molecule has 1 heterocycles. The van der Waals surface area contributed by atoms with E-state index in [1.54, 1.807) is 0 Å². The van der Waals surface area contributed by atoms with Gasteiger partial charge in [-0.3, -0.25) is 4.79 Å². The molecule has 0 radical (unpaired) electrons. The monoisotopic (exact) mass is 319 g/mol. The van der Waals surface area contributed by atoms with Gasteiger partial charge in [-0.1, -0.05) is 54.6 Å². The number of rotatable bonds is 5. The molecule has 0 bridgehead atoms. The average molecular weight is 319 g/mol. The number of benzene rings is 2. The fraction of sp³-hybridized carbons (Fsp3) is 0.409. The van der Waals surface area contributed by atoms with Gasteiger partial charge in [0.25, 0.3) is 0 Å². The van der Waals surface area contributed by atoms with Crippen LogP contribution < -0.4 is 5.32 Å². The van der Waals surface area contributed by atoms with Crippen LogP contribution in [0.3, 0.4) is 0 Å². The number of hydrogen-bond donors (Lipinski definition) is 1. The second-order valence-corrected chi connectivity index (χ2v) is 7.31. The summed E-state index contributed by atoms with van der Waals surface area (Å²) in [7, 11) is 0. The first-order valence-electron chi connectivity index (χ1n) is 9.20. The Bertz CT molecular complexity index is 705. The van der Waals surface area contributed by atoms with E-state index in [0.717, 1.165) is 25.9 Å². The number of Topliss-reactive ketones (excluding diaryl/α,β-unsaturated/α-hetero) is 1. The third-order valence-corrected chi connectivity index (χ3v) is 5.50. The number of carbonyl (C=O) groups excluding carboxylic acids is 1. The van der Waals surface area contributed by atoms with Crippen LogP contribution >= 0.6 is 0 Å². The van der Waals surface area contributed by atoms with E-state index in [0.29, 0.717) is 17.6 Å². The molecule has 0 unspecified atom stereocenters. The van der Waals surface area contributed by atoms with Gasteiger partial charge < -0.3 is 5.32 Å². The van der Waals surface area contributed by atoms with E-state index in [-0.39, 0.29) is 5.92 Å². The Balaban J connectivity index is 1.59. The molecular weight excluding hydrogens is 294 g/mol. The van der Waals surface area contributed by atoms with Gasteiger partial charge in [0, 0.05) is 18.9 Å². The van der Waals surface area contributed by atoms with Crippen LogP contribution in [0.4, 0.5) is 0 Å². The summed E-state index contributed by atoms with van der Waals surface area (Å²) < 4.78 is 0. The van der Waals surface area contributed by atoms with Gasteiger partial charge in [-0.2, -0.15) is 0 Å². The normalized spacial score (nSPS) is 23.8. The summed E-state index contributed by atoms with van der Waals surface area (Å²) in [5, 5.41) is 3.43. The lowest BCUT2D eigenvalue weighted by Crippen LogP contribution is -2.39. The molecule has 124 valence electrons. The summed E-state index contributed by atoms with van der Waals surface area (Å²) in [5.41, 5.74) is 3.82. The molecule has 24 heavy (non-hydrogen) atoms. The van der Waals surface area contributed by atoms with Crippen molar-refractivity contribution in [2.75, 3.05) is 13.1 Å². The van der Waals surface area contributed by atoms with Gasteiger partial charge in [0.1, 0.15) is 5.78 Å². The van der Waals surface area contributed by atoms with Crippen molar-refractivity contribution in [3.63, 3.8) is 0 Å². The summed E-state index contributed by atoms with van der Waals surface area (Å²) in [6.45, 7) is 1.85. The predicted molar refractivity (Wildman–Crippen MR) is 97.9 cm³/mol. The van der Waals surface area contributed by atoms with Crippen molar-refractivity contribution < 1.29 is 4.79 Å². The number of carbonyl (C=O) groups is 1.